The first kappa shape index (κ1) is 23.5. The molecule has 5 N–H and O–H groups in total. The number of hydrogen-bond donors (Lipinski definition) is 4. The van der Waals surface area contributed by atoms with Crippen molar-refractivity contribution in [3.05, 3.63) is 65.5 Å². The molecule has 0 saturated carbocycles. The molecule has 2 atom stereocenters. The van der Waals surface area contributed by atoms with Crippen molar-refractivity contribution in [3.8, 4) is 0 Å². The molecule has 0 bridgehead atoms. The third kappa shape index (κ3) is 6.16. The van der Waals surface area contributed by atoms with Gasteiger partial charge in [-0.3, -0.25) is 19.2 Å². The van der Waals surface area contributed by atoms with Gasteiger partial charge in [-0.15, -0.1) is 0 Å². The van der Waals surface area contributed by atoms with Crippen LogP contribution in [0, 0.1) is 6.92 Å². The van der Waals surface area contributed by atoms with Crippen LogP contribution < -0.4 is 21.7 Å². The van der Waals surface area contributed by atoms with Crippen molar-refractivity contribution in [1.82, 2.24) is 21.1 Å². The number of amides is 4. The fraction of sp³-hybridized carbons (Fsp3) is 0.261. The molecule has 3 rings (SSSR count). The SMILES string of the molecule is Cc1cc(C(=O)NC(CC(N)=O)C(=O)NC(C)C(=O)NCc2cccc3ccccc23)no1. The summed E-state index contributed by atoms with van der Waals surface area (Å²) in [4.78, 5) is 48.9. The number of nitrogens with zero attached hydrogens (tertiary/aromatic N) is 1. The summed E-state index contributed by atoms with van der Waals surface area (Å²) in [5, 5.41) is 13.3. The van der Waals surface area contributed by atoms with Crippen molar-refractivity contribution in [2.45, 2.75) is 38.9 Å². The standard InChI is InChI=1S/C23H25N5O5/c1-13-10-19(28-33-13)23(32)27-18(11-20(24)29)22(31)26-14(2)21(30)25-12-16-8-5-7-15-6-3-4-9-17(15)16/h3-10,14,18H,11-12H2,1-2H3,(H2,24,29)(H,25,30)(H,26,31)(H,27,32). The van der Waals surface area contributed by atoms with Crippen LogP contribution in [0.2, 0.25) is 0 Å². The van der Waals surface area contributed by atoms with Gasteiger partial charge in [-0.05, 0) is 30.2 Å². The minimum atomic E-state index is -1.28. The average Bonchev–Trinajstić information content (AvgIpc) is 3.23. The van der Waals surface area contributed by atoms with Gasteiger partial charge in [-0.1, -0.05) is 47.6 Å². The van der Waals surface area contributed by atoms with Crippen molar-refractivity contribution < 1.29 is 23.7 Å². The fourth-order valence-electron chi connectivity index (χ4n) is 3.28. The van der Waals surface area contributed by atoms with Crippen LogP contribution in [0.1, 0.15) is 35.2 Å². The van der Waals surface area contributed by atoms with Crippen LogP contribution in [0.4, 0.5) is 0 Å². The van der Waals surface area contributed by atoms with Crippen LogP contribution >= 0.6 is 0 Å². The Morgan fingerprint density at radius 3 is 2.45 bits per heavy atom. The molecule has 0 aliphatic rings. The molecule has 10 heteroatoms. The second kappa shape index (κ2) is 10.4. The lowest BCUT2D eigenvalue weighted by Crippen LogP contribution is -2.53. The molecule has 10 nitrogen and oxygen atoms in total. The monoisotopic (exact) mass is 451 g/mol. The van der Waals surface area contributed by atoms with Crippen LogP contribution in [0.25, 0.3) is 10.8 Å². The topological polar surface area (TPSA) is 156 Å². The second-order valence-electron chi connectivity index (χ2n) is 7.61. The number of benzene rings is 2. The highest BCUT2D eigenvalue weighted by Gasteiger charge is 2.27. The Balaban J connectivity index is 1.60. The van der Waals surface area contributed by atoms with Gasteiger partial charge in [0.25, 0.3) is 5.91 Å². The molecule has 4 amide bonds. The van der Waals surface area contributed by atoms with E-state index in [9.17, 15) is 19.2 Å². The largest absolute Gasteiger partial charge is 0.370 e. The fourth-order valence-corrected chi connectivity index (χ4v) is 3.28. The molecule has 0 aliphatic heterocycles. The molecule has 0 spiro atoms. The first-order chi connectivity index (χ1) is 15.7. The van der Waals surface area contributed by atoms with Crippen LogP contribution in [0.3, 0.4) is 0 Å². The third-order valence-corrected chi connectivity index (χ3v) is 4.97. The number of rotatable bonds is 9. The predicted molar refractivity (Wildman–Crippen MR) is 120 cm³/mol. The summed E-state index contributed by atoms with van der Waals surface area (Å²) in [7, 11) is 0. The zero-order valence-corrected chi connectivity index (χ0v) is 18.3. The molecule has 1 aromatic heterocycles. The molecule has 0 aliphatic carbocycles. The van der Waals surface area contributed by atoms with E-state index in [1.54, 1.807) is 6.92 Å². The van der Waals surface area contributed by atoms with E-state index in [0.717, 1.165) is 16.3 Å². The molecular formula is C23H25N5O5. The minimum absolute atomic E-state index is 0.0457. The summed E-state index contributed by atoms with van der Waals surface area (Å²) >= 11 is 0. The highest BCUT2D eigenvalue weighted by atomic mass is 16.5. The van der Waals surface area contributed by atoms with Crippen molar-refractivity contribution in [2.24, 2.45) is 5.73 Å². The van der Waals surface area contributed by atoms with Gasteiger partial charge in [0.15, 0.2) is 5.69 Å². The highest BCUT2D eigenvalue weighted by molar-refractivity contribution is 5.98. The van der Waals surface area contributed by atoms with Crippen LogP contribution in [-0.4, -0.2) is 40.9 Å². The Labute approximate surface area is 189 Å². The first-order valence-corrected chi connectivity index (χ1v) is 10.3. The number of carbonyl (C=O) groups is 4. The zero-order valence-electron chi connectivity index (χ0n) is 18.3. The van der Waals surface area contributed by atoms with Gasteiger partial charge in [0, 0.05) is 12.6 Å². The third-order valence-electron chi connectivity index (χ3n) is 4.97. The summed E-state index contributed by atoms with van der Waals surface area (Å²) in [6, 6.07) is 12.8. The van der Waals surface area contributed by atoms with Crippen LogP contribution in [0.15, 0.2) is 53.1 Å². The second-order valence-corrected chi connectivity index (χ2v) is 7.61. The van der Waals surface area contributed by atoms with Gasteiger partial charge >= 0.3 is 0 Å². The predicted octanol–water partition coefficient (Wildman–Crippen LogP) is 0.931. The van der Waals surface area contributed by atoms with E-state index in [-0.39, 0.29) is 12.2 Å². The van der Waals surface area contributed by atoms with Crippen molar-refractivity contribution in [2.75, 3.05) is 0 Å². The lowest BCUT2D eigenvalue weighted by atomic mass is 10.0. The van der Waals surface area contributed by atoms with E-state index in [0.29, 0.717) is 5.76 Å². The summed E-state index contributed by atoms with van der Waals surface area (Å²) in [5.74, 6) is -2.24. The number of fused-ring (bicyclic) bond motifs is 1. The number of aromatic nitrogens is 1. The molecular weight excluding hydrogens is 426 g/mol. The Morgan fingerprint density at radius 2 is 1.76 bits per heavy atom. The van der Waals surface area contributed by atoms with Gasteiger partial charge in [-0.25, -0.2) is 0 Å². The number of nitrogens with two attached hydrogens (primary N) is 1. The van der Waals surface area contributed by atoms with Gasteiger partial charge in [0.05, 0.1) is 6.42 Å². The zero-order chi connectivity index (χ0) is 24.0. The maximum absolute atomic E-state index is 12.7. The summed E-state index contributed by atoms with van der Waals surface area (Å²) in [6.07, 6.45) is -0.446. The van der Waals surface area contributed by atoms with Gasteiger partial charge in [0.1, 0.15) is 17.8 Å². The Bertz CT molecular complexity index is 1180. The van der Waals surface area contributed by atoms with E-state index in [1.807, 2.05) is 42.5 Å². The Morgan fingerprint density at radius 1 is 1.03 bits per heavy atom. The molecule has 33 heavy (non-hydrogen) atoms. The van der Waals surface area contributed by atoms with Gasteiger partial charge in [-0.2, -0.15) is 0 Å². The van der Waals surface area contributed by atoms with Crippen molar-refractivity contribution in [3.63, 3.8) is 0 Å². The Hall–Kier alpha value is -4.21. The molecule has 2 aromatic carbocycles. The summed E-state index contributed by atoms with van der Waals surface area (Å²) in [6.45, 7) is 3.38. The first-order valence-electron chi connectivity index (χ1n) is 10.3. The molecule has 3 aromatic rings. The van der Waals surface area contributed by atoms with E-state index in [4.69, 9.17) is 10.3 Å². The van der Waals surface area contributed by atoms with Crippen LogP contribution in [-0.2, 0) is 20.9 Å². The maximum Gasteiger partial charge on any atom is 0.274 e. The number of hydrogen-bond acceptors (Lipinski definition) is 6. The quantitative estimate of drug-likeness (QED) is 0.379. The smallest absolute Gasteiger partial charge is 0.274 e. The van der Waals surface area contributed by atoms with Crippen molar-refractivity contribution in [1.29, 1.82) is 0 Å². The number of nitrogens with one attached hydrogen (secondary N) is 3. The molecule has 2 unspecified atom stereocenters. The molecule has 0 radical (unpaired) electrons. The van der Waals surface area contributed by atoms with Gasteiger partial charge < -0.3 is 26.2 Å². The molecule has 1 heterocycles. The molecule has 0 saturated heterocycles. The van der Waals surface area contributed by atoms with E-state index >= 15 is 0 Å². The summed E-state index contributed by atoms with van der Waals surface area (Å²) in [5.41, 5.74) is 6.10. The van der Waals surface area contributed by atoms with Crippen LogP contribution in [0.5, 0.6) is 0 Å². The van der Waals surface area contributed by atoms with E-state index < -0.39 is 42.1 Å². The maximum atomic E-state index is 12.7. The normalized spacial score (nSPS) is 12.5. The lowest BCUT2D eigenvalue weighted by molar-refractivity contribution is -0.130. The Kier molecular flexibility index (Phi) is 7.39. The molecule has 172 valence electrons. The average molecular weight is 451 g/mol. The highest BCUT2D eigenvalue weighted by Crippen LogP contribution is 2.18. The van der Waals surface area contributed by atoms with Crippen molar-refractivity contribution >= 4 is 34.4 Å². The van der Waals surface area contributed by atoms with E-state index in [2.05, 4.69) is 21.1 Å². The number of primary amides is 1. The lowest BCUT2D eigenvalue weighted by Gasteiger charge is -2.20. The minimum Gasteiger partial charge on any atom is -0.370 e. The number of aryl methyl sites for hydroxylation is 1. The van der Waals surface area contributed by atoms with Gasteiger partial charge in [0.2, 0.25) is 17.7 Å². The number of carbonyl (C=O) groups excluding carboxylic acids is 4. The van der Waals surface area contributed by atoms with E-state index in [1.165, 1.54) is 13.0 Å². The molecule has 0 fully saturated rings. The summed E-state index contributed by atoms with van der Waals surface area (Å²) < 4.78 is 4.84.